The van der Waals surface area contributed by atoms with Gasteiger partial charge in [0.1, 0.15) is 23.0 Å². The van der Waals surface area contributed by atoms with Crippen molar-refractivity contribution < 1.29 is 71.6 Å². The zero-order valence-electron chi connectivity index (χ0n) is 41.1. The monoisotopic (exact) mass is 1050 g/mol. The molecule has 0 unspecified atom stereocenters. The number of benzene rings is 5. The first-order valence-corrected chi connectivity index (χ1v) is 25.0. The van der Waals surface area contributed by atoms with Gasteiger partial charge in [0.05, 0.1) is 91.3 Å². The summed E-state index contributed by atoms with van der Waals surface area (Å²) in [5.74, 6) is -1.64. The highest BCUT2D eigenvalue weighted by molar-refractivity contribution is 7.80. The van der Waals surface area contributed by atoms with Gasteiger partial charge in [-0.1, -0.05) is 30.3 Å². The number of ether oxygens (including phenoxy) is 9. The van der Waals surface area contributed by atoms with E-state index in [4.69, 9.17) is 54.8 Å². The van der Waals surface area contributed by atoms with Gasteiger partial charge in [-0.3, -0.25) is 9.59 Å². The molecule has 0 aliphatic carbocycles. The fraction of sp³-hybridized carbons (Fsp3) is 0.345. The number of fused-ring (bicyclic) bond motifs is 7. The first kappa shape index (κ1) is 54.1. The van der Waals surface area contributed by atoms with Gasteiger partial charge >= 0.3 is 11.9 Å². The Balaban J connectivity index is 0.580. The van der Waals surface area contributed by atoms with Crippen molar-refractivity contribution in [1.29, 1.82) is 0 Å². The van der Waals surface area contributed by atoms with E-state index in [-0.39, 0.29) is 49.3 Å². The van der Waals surface area contributed by atoms with Gasteiger partial charge in [0.25, 0.3) is 0 Å². The summed E-state index contributed by atoms with van der Waals surface area (Å²) in [5.41, 5.74) is 3.99. The summed E-state index contributed by atoms with van der Waals surface area (Å²) in [7, 11) is 0. The number of aryl methyl sites for hydroxylation is 1. The van der Waals surface area contributed by atoms with Gasteiger partial charge in [0.2, 0.25) is 5.91 Å². The molecule has 2 aliphatic rings. The number of H-pyrrole nitrogens is 1. The molecule has 1 amide bonds. The number of carbonyl (C=O) groups is 3. The number of aromatic nitrogens is 1. The normalized spacial score (nSPS) is 12.9. The fourth-order valence-corrected chi connectivity index (χ4v) is 8.75. The number of aromatic hydroxyl groups is 2. The van der Waals surface area contributed by atoms with E-state index in [1.165, 1.54) is 42.0 Å². The molecule has 75 heavy (non-hydrogen) atoms. The number of nitrogens with one attached hydrogen (secondary N) is 4. The molecule has 5 aromatic carbocycles. The number of hydrogen-bond donors (Lipinski definition) is 6. The number of halogens is 1. The smallest absolute Gasteiger partial charge is 0.340 e. The second kappa shape index (κ2) is 26.9. The minimum atomic E-state index is -1.35. The predicted molar refractivity (Wildman–Crippen MR) is 277 cm³/mol. The van der Waals surface area contributed by atoms with Crippen molar-refractivity contribution in [2.75, 3.05) is 91.1 Å². The van der Waals surface area contributed by atoms with Crippen molar-refractivity contribution in [2.45, 2.75) is 37.8 Å². The molecule has 18 nitrogen and oxygen atoms in total. The van der Waals surface area contributed by atoms with Crippen molar-refractivity contribution in [3.63, 3.8) is 0 Å². The van der Waals surface area contributed by atoms with Crippen LogP contribution in [0.15, 0.2) is 103 Å². The van der Waals surface area contributed by atoms with Crippen LogP contribution in [0.1, 0.15) is 57.4 Å². The number of amides is 1. The van der Waals surface area contributed by atoms with E-state index in [9.17, 15) is 29.0 Å². The molecule has 396 valence electrons. The predicted octanol–water partition coefficient (Wildman–Crippen LogP) is 7.31. The summed E-state index contributed by atoms with van der Waals surface area (Å²) in [4.78, 5) is 41.3. The molecule has 8 rings (SSSR count). The summed E-state index contributed by atoms with van der Waals surface area (Å²) in [5, 5.41) is 30.8. The highest BCUT2D eigenvalue weighted by Crippen LogP contribution is 2.57. The van der Waals surface area contributed by atoms with Crippen LogP contribution in [0.2, 0.25) is 0 Å². The minimum absolute atomic E-state index is 0.0224. The Morgan fingerprint density at radius 3 is 1.95 bits per heavy atom. The molecule has 2 aliphatic heterocycles. The number of para-hydroxylation sites is 1. The molecule has 0 radical (unpaired) electrons. The van der Waals surface area contributed by atoms with Gasteiger partial charge < -0.3 is 73.8 Å². The van der Waals surface area contributed by atoms with E-state index < -0.39 is 23.4 Å². The Labute approximate surface area is 437 Å². The highest BCUT2D eigenvalue weighted by Gasteiger charge is 2.53. The van der Waals surface area contributed by atoms with Crippen LogP contribution < -0.4 is 25.4 Å². The van der Waals surface area contributed by atoms with E-state index in [1.807, 2.05) is 24.4 Å². The maximum atomic E-state index is 14.7. The molecule has 0 saturated heterocycles. The zero-order valence-corrected chi connectivity index (χ0v) is 41.9. The van der Waals surface area contributed by atoms with Gasteiger partial charge in [-0.25, -0.2) is 9.18 Å². The third-order valence-corrected chi connectivity index (χ3v) is 12.4. The summed E-state index contributed by atoms with van der Waals surface area (Å²) >= 11 is 5.47. The first-order valence-electron chi connectivity index (χ1n) is 24.6. The molecule has 3 heterocycles. The van der Waals surface area contributed by atoms with Crippen molar-refractivity contribution in [1.82, 2.24) is 15.6 Å². The Kier molecular flexibility index (Phi) is 19.4. The van der Waals surface area contributed by atoms with Crippen LogP contribution in [-0.2, 0) is 61.3 Å². The molecule has 0 fully saturated rings. The number of aromatic amines is 1. The van der Waals surface area contributed by atoms with Crippen LogP contribution >= 0.6 is 12.2 Å². The minimum Gasteiger partial charge on any atom is -0.508 e. The number of carbonyl (C=O) groups excluding carboxylic acids is 3. The molecule has 20 heteroatoms. The van der Waals surface area contributed by atoms with Crippen LogP contribution in [0.3, 0.4) is 0 Å². The molecular weight excluding hydrogens is 992 g/mol. The lowest BCUT2D eigenvalue weighted by molar-refractivity contribution is -0.136. The average Bonchev–Trinajstić information content (AvgIpc) is 3.94. The molecule has 6 aromatic rings. The number of hydrogen-bond acceptors (Lipinski definition) is 15. The van der Waals surface area contributed by atoms with Crippen LogP contribution in [0, 0.1) is 5.82 Å². The van der Waals surface area contributed by atoms with Crippen LogP contribution in [-0.4, -0.2) is 124 Å². The van der Waals surface area contributed by atoms with Gasteiger partial charge in [0, 0.05) is 71.1 Å². The largest absolute Gasteiger partial charge is 0.508 e. The van der Waals surface area contributed by atoms with Crippen molar-refractivity contribution in [3.05, 3.63) is 142 Å². The van der Waals surface area contributed by atoms with Gasteiger partial charge in [-0.2, -0.15) is 0 Å². The van der Waals surface area contributed by atoms with Crippen molar-refractivity contribution in [2.24, 2.45) is 0 Å². The molecule has 0 atom stereocenters. The van der Waals surface area contributed by atoms with Gasteiger partial charge in [-0.05, 0) is 90.8 Å². The van der Waals surface area contributed by atoms with E-state index in [2.05, 4.69) is 27.0 Å². The number of thiocarbonyl (C=S) groups is 1. The Morgan fingerprint density at radius 2 is 1.29 bits per heavy atom. The molecular formula is C55H59FN4O14S. The van der Waals surface area contributed by atoms with Crippen LogP contribution in [0.25, 0.3) is 10.9 Å². The standard InChI is InChI=1S/C55H59FN4O14S/c56-46-30-36(34-59-51(63)7-3-4-37-35-58-47-6-2-1-5-41(37)47)8-15-48(46)73-52(64)16-18-66-20-22-68-24-26-70-28-29-71-27-25-69-23-21-67-19-17-57-54(75)60-38-9-12-43-42(31-38)53(65)74-55(43)44-13-10-39(61)32-49(44)72-50-33-40(62)11-14-45(50)55/h1-2,5-6,8-15,30-33,35,58,61-62H,3-4,7,16-29,34H2,(H,59,63)(H2,57,60,75). The molecule has 0 saturated carbocycles. The summed E-state index contributed by atoms with van der Waals surface area (Å²) in [6.45, 7) is 4.68. The Hall–Kier alpha value is -7.17. The Morgan fingerprint density at radius 1 is 0.680 bits per heavy atom. The second-order valence-electron chi connectivity index (χ2n) is 17.3. The van der Waals surface area contributed by atoms with Crippen LogP contribution in [0.4, 0.5) is 10.1 Å². The second-order valence-corrected chi connectivity index (χ2v) is 17.7. The third kappa shape index (κ3) is 14.6. The summed E-state index contributed by atoms with van der Waals surface area (Å²) in [6, 6.07) is 26.7. The van der Waals surface area contributed by atoms with E-state index >= 15 is 0 Å². The van der Waals surface area contributed by atoms with E-state index in [0.717, 1.165) is 17.3 Å². The number of esters is 2. The van der Waals surface area contributed by atoms with Crippen LogP contribution in [0.5, 0.6) is 28.7 Å². The summed E-state index contributed by atoms with van der Waals surface area (Å²) in [6.07, 6.45) is 3.70. The lowest BCUT2D eigenvalue weighted by Crippen LogP contribution is -2.33. The molecule has 1 spiro atoms. The maximum absolute atomic E-state index is 14.7. The molecule has 1 aromatic heterocycles. The topological polar surface area (TPSA) is 227 Å². The quantitative estimate of drug-likeness (QED) is 0.0117. The number of phenols is 2. The summed E-state index contributed by atoms with van der Waals surface area (Å²) < 4.78 is 65.1. The van der Waals surface area contributed by atoms with Crippen molar-refractivity contribution >= 4 is 51.8 Å². The van der Waals surface area contributed by atoms with Gasteiger partial charge in [-0.15, -0.1) is 0 Å². The molecule has 0 bridgehead atoms. The first-order chi connectivity index (χ1) is 36.6. The fourth-order valence-electron chi connectivity index (χ4n) is 8.53. The molecule has 6 N–H and O–H groups in total. The average molecular weight is 1050 g/mol. The van der Waals surface area contributed by atoms with Gasteiger partial charge in [0.15, 0.2) is 22.3 Å². The SMILES string of the molecule is O=C(CCCc1c[nH]c2ccccc12)NCc1ccc(OC(=O)CCOCCOCCOCCOCCOCCOCCNC(=S)Nc2ccc3c(c2)C(=O)OC32c3ccc(O)cc3Oc3cc(O)ccc32)c(F)c1. The maximum Gasteiger partial charge on any atom is 0.340 e. The lowest BCUT2D eigenvalue weighted by Gasteiger charge is -2.36. The van der Waals surface area contributed by atoms with E-state index in [0.29, 0.717) is 136 Å². The zero-order chi connectivity index (χ0) is 52.4. The lowest BCUT2D eigenvalue weighted by atomic mass is 9.77. The highest BCUT2D eigenvalue weighted by atomic mass is 32.1. The number of anilines is 1. The Bertz CT molecular complexity index is 2880. The van der Waals surface area contributed by atoms with E-state index in [1.54, 1.807) is 36.4 Å². The number of phenolic OH excluding ortho intramolecular Hbond substituents is 2. The third-order valence-electron chi connectivity index (χ3n) is 12.1. The number of rotatable bonds is 29. The van der Waals surface area contributed by atoms with Crippen molar-refractivity contribution in [3.8, 4) is 28.7 Å².